The Bertz CT molecular complexity index is 225. The first-order chi connectivity index (χ1) is 8.78. The van der Waals surface area contributed by atoms with Gasteiger partial charge < -0.3 is 5.32 Å². The second kappa shape index (κ2) is 6.91. The standard InChI is InChI=1S/C16H32N2/c1-3-4-6-9-15(2)18-13-12-17-14-16(18)10-7-5-8-11-16/h15,17H,3-14H2,1-2H3. The summed E-state index contributed by atoms with van der Waals surface area (Å²) >= 11 is 0. The Balaban J connectivity index is 1.93. The third-order valence-electron chi connectivity index (χ3n) is 5.13. The number of hydrogen-bond donors (Lipinski definition) is 1. The lowest BCUT2D eigenvalue weighted by Gasteiger charge is -2.52. The molecule has 1 unspecified atom stereocenters. The third kappa shape index (κ3) is 3.27. The topological polar surface area (TPSA) is 15.3 Å². The lowest BCUT2D eigenvalue weighted by atomic mass is 9.78. The predicted molar refractivity (Wildman–Crippen MR) is 79.0 cm³/mol. The first-order valence-corrected chi connectivity index (χ1v) is 8.26. The maximum absolute atomic E-state index is 3.66. The highest BCUT2D eigenvalue weighted by atomic mass is 15.3. The zero-order valence-electron chi connectivity index (χ0n) is 12.5. The molecule has 18 heavy (non-hydrogen) atoms. The number of unbranched alkanes of at least 4 members (excludes halogenated alkanes) is 2. The molecule has 1 aliphatic heterocycles. The molecular formula is C16H32N2. The Morgan fingerprint density at radius 1 is 1.17 bits per heavy atom. The van der Waals surface area contributed by atoms with Gasteiger partial charge in [-0.25, -0.2) is 0 Å². The Labute approximate surface area is 114 Å². The van der Waals surface area contributed by atoms with Gasteiger partial charge in [0, 0.05) is 31.2 Å². The molecule has 1 saturated heterocycles. The van der Waals surface area contributed by atoms with E-state index in [1.54, 1.807) is 0 Å². The van der Waals surface area contributed by atoms with E-state index in [0.717, 1.165) is 6.04 Å². The van der Waals surface area contributed by atoms with Crippen molar-refractivity contribution in [3.63, 3.8) is 0 Å². The number of nitrogens with zero attached hydrogens (tertiary/aromatic N) is 1. The van der Waals surface area contributed by atoms with Crippen LogP contribution in [0.25, 0.3) is 0 Å². The van der Waals surface area contributed by atoms with E-state index in [9.17, 15) is 0 Å². The lowest BCUT2D eigenvalue weighted by molar-refractivity contribution is -0.00492. The summed E-state index contributed by atoms with van der Waals surface area (Å²) in [6.45, 7) is 8.48. The zero-order valence-corrected chi connectivity index (χ0v) is 12.5. The second-order valence-electron chi connectivity index (χ2n) is 6.50. The zero-order chi connectivity index (χ0) is 12.8. The van der Waals surface area contributed by atoms with Crippen LogP contribution in [-0.4, -0.2) is 36.1 Å². The van der Waals surface area contributed by atoms with Gasteiger partial charge in [0.2, 0.25) is 0 Å². The highest BCUT2D eigenvalue weighted by Crippen LogP contribution is 2.36. The summed E-state index contributed by atoms with van der Waals surface area (Å²) in [5, 5.41) is 3.66. The summed E-state index contributed by atoms with van der Waals surface area (Å²) in [5.74, 6) is 0. The molecule has 1 spiro atoms. The minimum atomic E-state index is 0.516. The molecule has 2 nitrogen and oxygen atoms in total. The molecule has 1 N–H and O–H groups in total. The van der Waals surface area contributed by atoms with Crippen molar-refractivity contribution in [3.05, 3.63) is 0 Å². The van der Waals surface area contributed by atoms with E-state index in [-0.39, 0.29) is 0 Å². The fraction of sp³-hybridized carbons (Fsp3) is 1.00. The van der Waals surface area contributed by atoms with Gasteiger partial charge in [0.05, 0.1) is 0 Å². The molecule has 0 aromatic carbocycles. The molecule has 0 aromatic rings. The summed E-state index contributed by atoms with van der Waals surface area (Å²) in [6.07, 6.45) is 12.8. The Morgan fingerprint density at radius 3 is 2.67 bits per heavy atom. The van der Waals surface area contributed by atoms with Crippen LogP contribution in [0.3, 0.4) is 0 Å². The van der Waals surface area contributed by atoms with Crippen LogP contribution in [-0.2, 0) is 0 Å². The largest absolute Gasteiger partial charge is 0.314 e. The molecule has 1 aliphatic carbocycles. The molecule has 106 valence electrons. The number of nitrogens with one attached hydrogen (secondary N) is 1. The van der Waals surface area contributed by atoms with E-state index < -0.39 is 0 Å². The van der Waals surface area contributed by atoms with Crippen LogP contribution in [0, 0.1) is 0 Å². The van der Waals surface area contributed by atoms with Gasteiger partial charge in [-0.2, -0.15) is 0 Å². The average Bonchev–Trinajstić information content (AvgIpc) is 2.40. The van der Waals surface area contributed by atoms with Crippen molar-refractivity contribution in [2.75, 3.05) is 19.6 Å². The first-order valence-electron chi connectivity index (χ1n) is 8.26. The number of hydrogen-bond acceptors (Lipinski definition) is 2. The van der Waals surface area contributed by atoms with Crippen molar-refractivity contribution in [2.45, 2.75) is 83.2 Å². The molecular weight excluding hydrogens is 220 g/mol. The Morgan fingerprint density at radius 2 is 1.94 bits per heavy atom. The third-order valence-corrected chi connectivity index (χ3v) is 5.13. The molecule has 0 aromatic heterocycles. The molecule has 0 radical (unpaired) electrons. The van der Waals surface area contributed by atoms with Gasteiger partial charge >= 0.3 is 0 Å². The molecule has 0 bridgehead atoms. The first kappa shape index (κ1) is 14.3. The minimum Gasteiger partial charge on any atom is -0.314 e. The van der Waals surface area contributed by atoms with E-state index in [0.29, 0.717) is 5.54 Å². The van der Waals surface area contributed by atoms with E-state index >= 15 is 0 Å². The fourth-order valence-corrected chi connectivity index (χ4v) is 4.07. The van der Waals surface area contributed by atoms with Crippen LogP contribution in [0.5, 0.6) is 0 Å². The normalized spacial score (nSPS) is 26.3. The van der Waals surface area contributed by atoms with Crippen LogP contribution >= 0.6 is 0 Å². The van der Waals surface area contributed by atoms with Crippen LogP contribution in [0.2, 0.25) is 0 Å². The van der Waals surface area contributed by atoms with Gasteiger partial charge in [-0.15, -0.1) is 0 Å². The van der Waals surface area contributed by atoms with Gasteiger partial charge in [0.25, 0.3) is 0 Å². The van der Waals surface area contributed by atoms with Crippen molar-refractivity contribution in [2.24, 2.45) is 0 Å². The number of piperazine rings is 1. The molecule has 2 heteroatoms. The summed E-state index contributed by atoms with van der Waals surface area (Å²) in [5.41, 5.74) is 0.516. The SMILES string of the molecule is CCCCCC(C)N1CCNCC12CCCCC2. The average molecular weight is 252 g/mol. The fourth-order valence-electron chi connectivity index (χ4n) is 4.07. The van der Waals surface area contributed by atoms with E-state index in [1.807, 2.05) is 0 Å². The Hall–Kier alpha value is -0.0800. The minimum absolute atomic E-state index is 0.516. The predicted octanol–water partition coefficient (Wildman–Crippen LogP) is 3.56. The van der Waals surface area contributed by atoms with E-state index in [2.05, 4.69) is 24.1 Å². The van der Waals surface area contributed by atoms with E-state index in [1.165, 1.54) is 77.4 Å². The quantitative estimate of drug-likeness (QED) is 0.753. The molecule has 2 fully saturated rings. The van der Waals surface area contributed by atoms with E-state index in [4.69, 9.17) is 0 Å². The maximum Gasteiger partial charge on any atom is 0.0337 e. The van der Waals surface area contributed by atoms with Crippen LogP contribution in [0.15, 0.2) is 0 Å². The highest BCUT2D eigenvalue weighted by molar-refractivity contribution is 4.99. The van der Waals surface area contributed by atoms with Crippen molar-refractivity contribution < 1.29 is 0 Å². The molecule has 1 atom stereocenters. The van der Waals surface area contributed by atoms with Gasteiger partial charge in [-0.3, -0.25) is 4.90 Å². The van der Waals surface area contributed by atoms with Crippen molar-refractivity contribution in [1.29, 1.82) is 0 Å². The van der Waals surface area contributed by atoms with Gasteiger partial charge in [0.1, 0.15) is 0 Å². The molecule has 1 heterocycles. The van der Waals surface area contributed by atoms with Gasteiger partial charge in [-0.1, -0.05) is 45.4 Å². The Kier molecular flexibility index (Phi) is 5.50. The van der Waals surface area contributed by atoms with Crippen molar-refractivity contribution >= 4 is 0 Å². The molecule has 0 amide bonds. The monoisotopic (exact) mass is 252 g/mol. The molecule has 2 rings (SSSR count). The maximum atomic E-state index is 3.66. The molecule has 2 aliphatic rings. The molecule has 1 saturated carbocycles. The van der Waals surface area contributed by atoms with Gasteiger partial charge in [0.15, 0.2) is 0 Å². The highest BCUT2D eigenvalue weighted by Gasteiger charge is 2.41. The second-order valence-corrected chi connectivity index (χ2v) is 6.50. The summed E-state index contributed by atoms with van der Waals surface area (Å²) in [4.78, 5) is 2.87. The summed E-state index contributed by atoms with van der Waals surface area (Å²) in [6, 6.07) is 0.789. The summed E-state index contributed by atoms with van der Waals surface area (Å²) in [7, 11) is 0. The summed E-state index contributed by atoms with van der Waals surface area (Å²) < 4.78 is 0. The smallest absolute Gasteiger partial charge is 0.0337 e. The number of rotatable bonds is 5. The van der Waals surface area contributed by atoms with Crippen LogP contribution in [0.1, 0.15) is 71.6 Å². The lowest BCUT2D eigenvalue weighted by Crippen LogP contribution is -2.64. The van der Waals surface area contributed by atoms with Crippen LogP contribution < -0.4 is 5.32 Å². The van der Waals surface area contributed by atoms with Crippen molar-refractivity contribution in [1.82, 2.24) is 10.2 Å². The van der Waals surface area contributed by atoms with Crippen LogP contribution in [0.4, 0.5) is 0 Å². The van der Waals surface area contributed by atoms with Gasteiger partial charge in [-0.05, 0) is 26.2 Å². The van der Waals surface area contributed by atoms with Crippen molar-refractivity contribution in [3.8, 4) is 0 Å².